The van der Waals surface area contributed by atoms with Crippen molar-refractivity contribution in [3.63, 3.8) is 0 Å². The molecule has 0 fully saturated rings. The third-order valence-electron chi connectivity index (χ3n) is 1.98. The minimum atomic E-state index is -0.392. The molecule has 4 heteroatoms. The molecule has 14 heavy (non-hydrogen) atoms. The van der Waals surface area contributed by atoms with Crippen LogP contribution in [0.25, 0.3) is 0 Å². The van der Waals surface area contributed by atoms with Crippen LogP contribution in [0.4, 0.5) is 5.69 Å². The van der Waals surface area contributed by atoms with Gasteiger partial charge in [0.2, 0.25) is 0 Å². The summed E-state index contributed by atoms with van der Waals surface area (Å²) < 4.78 is 9.63. The van der Waals surface area contributed by atoms with Gasteiger partial charge < -0.3 is 15.2 Å². The Morgan fingerprint density at radius 2 is 2.00 bits per heavy atom. The summed E-state index contributed by atoms with van der Waals surface area (Å²) in [4.78, 5) is 11.3. The van der Waals surface area contributed by atoms with Crippen LogP contribution in [0, 0.1) is 6.92 Å². The number of nitrogen functional groups attached to an aromatic ring is 1. The summed E-state index contributed by atoms with van der Waals surface area (Å²) in [5.74, 6) is 0.173. The number of hydrogen-bond acceptors (Lipinski definition) is 4. The molecular formula is C10H13NO3. The fraction of sp³-hybridized carbons (Fsp3) is 0.300. The van der Waals surface area contributed by atoms with E-state index in [1.807, 2.05) is 0 Å². The Balaban J connectivity index is 3.21. The van der Waals surface area contributed by atoms with E-state index in [-0.39, 0.29) is 0 Å². The molecule has 0 bridgehead atoms. The highest BCUT2D eigenvalue weighted by molar-refractivity contribution is 5.92. The van der Waals surface area contributed by atoms with Gasteiger partial charge in [-0.05, 0) is 24.6 Å². The normalized spacial score (nSPS) is 9.64. The van der Waals surface area contributed by atoms with Gasteiger partial charge in [0.05, 0.1) is 25.5 Å². The Labute approximate surface area is 82.6 Å². The van der Waals surface area contributed by atoms with E-state index in [1.165, 1.54) is 14.2 Å². The van der Waals surface area contributed by atoms with Gasteiger partial charge in [-0.3, -0.25) is 0 Å². The van der Waals surface area contributed by atoms with E-state index < -0.39 is 5.97 Å². The van der Waals surface area contributed by atoms with Crippen LogP contribution in [-0.4, -0.2) is 20.2 Å². The van der Waals surface area contributed by atoms with Crippen LogP contribution in [0.5, 0.6) is 5.75 Å². The largest absolute Gasteiger partial charge is 0.495 e. The van der Waals surface area contributed by atoms with Crippen molar-refractivity contribution in [1.82, 2.24) is 0 Å². The molecular weight excluding hydrogens is 182 g/mol. The Bertz CT molecular complexity index is 361. The lowest BCUT2D eigenvalue weighted by molar-refractivity contribution is 0.0600. The summed E-state index contributed by atoms with van der Waals surface area (Å²) >= 11 is 0. The minimum Gasteiger partial charge on any atom is -0.495 e. The molecule has 1 aromatic carbocycles. The fourth-order valence-electron chi connectivity index (χ4n) is 1.20. The second-order valence-corrected chi connectivity index (χ2v) is 2.90. The van der Waals surface area contributed by atoms with Crippen molar-refractivity contribution < 1.29 is 14.3 Å². The first-order valence-corrected chi connectivity index (χ1v) is 4.12. The first kappa shape index (κ1) is 10.4. The molecule has 0 unspecified atom stereocenters. The minimum absolute atomic E-state index is 0.392. The van der Waals surface area contributed by atoms with Crippen LogP contribution in [0.3, 0.4) is 0 Å². The van der Waals surface area contributed by atoms with Gasteiger partial charge in [-0.15, -0.1) is 0 Å². The topological polar surface area (TPSA) is 61.5 Å². The monoisotopic (exact) mass is 195 g/mol. The molecule has 0 radical (unpaired) electrons. The number of methoxy groups -OCH3 is 2. The molecule has 4 nitrogen and oxygen atoms in total. The average Bonchev–Trinajstić information content (AvgIpc) is 2.19. The van der Waals surface area contributed by atoms with E-state index in [9.17, 15) is 4.79 Å². The number of rotatable bonds is 2. The van der Waals surface area contributed by atoms with Crippen LogP contribution in [0.2, 0.25) is 0 Å². The number of esters is 1. The van der Waals surface area contributed by atoms with Crippen molar-refractivity contribution in [3.8, 4) is 5.75 Å². The van der Waals surface area contributed by atoms with Gasteiger partial charge in [-0.2, -0.15) is 0 Å². The Morgan fingerprint density at radius 1 is 1.36 bits per heavy atom. The van der Waals surface area contributed by atoms with Gasteiger partial charge >= 0.3 is 5.97 Å². The Hall–Kier alpha value is -1.71. The van der Waals surface area contributed by atoms with E-state index in [4.69, 9.17) is 10.5 Å². The van der Waals surface area contributed by atoms with E-state index in [0.29, 0.717) is 17.0 Å². The Kier molecular flexibility index (Phi) is 2.96. The van der Waals surface area contributed by atoms with Crippen molar-refractivity contribution >= 4 is 11.7 Å². The number of benzene rings is 1. The van der Waals surface area contributed by atoms with E-state index in [0.717, 1.165) is 5.56 Å². The number of carbonyl (C=O) groups excluding carboxylic acids is 1. The molecule has 1 rings (SSSR count). The second-order valence-electron chi connectivity index (χ2n) is 2.90. The zero-order valence-electron chi connectivity index (χ0n) is 8.46. The highest BCUT2D eigenvalue weighted by atomic mass is 16.5. The molecule has 0 heterocycles. The summed E-state index contributed by atoms with van der Waals surface area (Å²) in [7, 11) is 2.87. The van der Waals surface area contributed by atoms with Gasteiger partial charge in [0.15, 0.2) is 0 Å². The molecule has 0 aliphatic carbocycles. The van der Waals surface area contributed by atoms with Crippen LogP contribution in [0.1, 0.15) is 15.9 Å². The maximum absolute atomic E-state index is 11.3. The SMILES string of the molecule is COC(=O)c1cc(N)c(OC)cc1C. The smallest absolute Gasteiger partial charge is 0.338 e. The molecule has 0 saturated carbocycles. The van der Waals surface area contributed by atoms with Crippen molar-refractivity contribution in [1.29, 1.82) is 0 Å². The maximum Gasteiger partial charge on any atom is 0.338 e. The quantitative estimate of drug-likeness (QED) is 0.572. The van der Waals surface area contributed by atoms with Crippen LogP contribution >= 0.6 is 0 Å². The van der Waals surface area contributed by atoms with Gasteiger partial charge in [0.25, 0.3) is 0 Å². The van der Waals surface area contributed by atoms with E-state index >= 15 is 0 Å². The zero-order chi connectivity index (χ0) is 10.7. The fourth-order valence-corrected chi connectivity index (χ4v) is 1.20. The summed E-state index contributed by atoms with van der Waals surface area (Å²) in [6, 6.07) is 3.27. The number of anilines is 1. The van der Waals surface area contributed by atoms with Crippen LogP contribution in [-0.2, 0) is 4.74 Å². The lowest BCUT2D eigenvalue weighted by Crippen LogP contribution is -2.05. The van der Waals surface area contributed by atoms with Gasteiger partial charge in [-0.1, -0.05) is 0 Å². The molecule has 0 amide bonds. The summed E-state index contributed by atoms with van der Waals surface area (Å²) in [6.07, 6.45) is 0. The van der Waals surface area contributed by atoms with Crippen molar-refractivity contribution in [2.75, 3.05) is 20.0 Å². The number of hydrogen-bond donors (Lipinski definition) is 1. The highest BCUT2D eigenvalue weighted by Gasteiger charge is 2.12. The van der Waals surface area contributed by atoms with Crippen LogP contribution < -0.4 is 10.5 Å². The van der Waals surface area contributed by atoms with Crippen molar-refractivity contribution in [3.05, 3.63) is 23.3 Å². The zero-order valence-corrected chi connectivity index (χ0v) is 8.46. The number of ether oxygens (including phenoxy) is 2. The summed E-state index contributed by atoms with van der Waals surface area (Å²) in [5, 5.41) is 0. The lowest BCUT2D eigenvalue weighted by Gasteiger charge is -2.09. The van der Waals surface area contributed by atoms with Gasteiger partial charge in [0, 0.05) is 0 Å². The molecule has 2 N–H and O–H groups in total. The van der Waals surface area contributed by atoms with E-state index in [1.54, 1.807) is 19.1 Å². The predicted molar refractivity (Wildman–Crippen MR) is 53.5 cm³/mol. The molecule has 0 saturated heterocycles. The van der Waals surface area contributed by atoms with E-state index in [2.05, 4.69) is 4.74 Å². The second kappa shape index (κ2) is 4.00. The predicted octanol–water partition coefficient (Wildman–Crippen LogP) is 1.37. The first-order valence-electron chi connectivity index (χ1n) is 4.12. The molecule has 1 aromatic rings. The third-order valence-corrected chi connectivity index (χ3v) is 1.98. The average molecular weight is 195 g/mol. The molecule has 76 valence electrons. The van der Waals surface area contributed by atoms with Gasteiger partial charge in [-0.25, -0.2) is 4.79 Å². The van der Waals surface area contributed by atoms with Gasteiger partial charge in [0.1, 0.15) is 5.75 Å². The molecule has 0 aromatic heterocycles. The van der Waals surface area contributed by atoms with Crippen LogP contribution in [0.15, 0.2) is 12.1 Å². The first-order chi connectivity index (χ1) is 6.60. The lowest BCUT2D eigenvalue weighted by atomic mass is 10.1. The highest BCUT2D eigenvalue weighted by Crippen LogP contribution is 2.25. The molecule has 0 spiro atoms. The molecule has 0 aliphatic rings. The van der Waals surface area contributed by atoms with Crippen molar-refractivity contribution in [2.24, 2.45) is 0 Å². The molecule has 0 atom stereocenters. The standard InChI is InChI=1S/C10H13NO3/c1-6-4-9(13-2)8(11)5-7(6)10(12)14-3/h4-5H,11H2,1-3H3. The number of nitrogens with two attached hydrogens (primary N) is 1. The number of aryl methyl sites for hydroxylation is 1. The summed E-state index contributed by atoms with van der Waals surface area (Å²) in [5.41, 5.74) is 7.33. The summed E-state index contributed by atoms with van der Waals surface area (Å²) in [6.45, 7) is 1.80. The third kappa shape index (κ3) is 1.79. The number of carbonyl (C=O) groups is 1. The van der Waals surface area contributed by atoms with Crippen molar-refractivity contribution in [2.45, 2.75) is 6.92 Å². The molecule has 0 aliphatic heterocycles. The maximum atomic E-state index is 11.3. The Morgan fingerprint density at radius 3 is 2.50 bits per heavy atom.